The predicted molar refractivity (Wildman–Crippen MR) is 96.1 cm³/mol. The molecule has 0 fully saturated rings. The maximum absolute atomic E-state index is 5.94. The van der Waals surface area contributed by atoms with Gasteiger partial charge in [-0.25, -0.2) is 20.8 Å². The van der Waals surface area contributed by atoms with Crippen LogP contribution in [0.25, 0.3) is 33.3 Å². The summed E-state index contributed by atoms with van der Waals surface area (Å²) >= 11 is 0. The Kier molecular flexibility index (Phi) is 3.40. The van der Waals surface area contributed by atoms with E-state index in [-0.39, 0.29) is 0 Å². The Balaban J connectivity index is 2.03. The summed E-state index contributed by atoms with van der Waals surface area (Å²) in [5, 5.41) is 1.55. The van der Waals surface area contributed by atoms with Crippen LogP contribution in [0.2, 0.25) is 0 Å². The van der Waals surface area contributed by atoms with Crippen LogP contribution < -0.4 is 21.7 Å². The summed E-state index contributed by atoms with van der Waals surface area (Å²) in [6.45, 7) is 1.86. The Morgan fingerprint density at radius 3 is 2.76 bits per heavy atom. The maximum atomic E-state index is 5.94. The first-order valence-electron chi connectivity index (χ1n) is 7.58. The number of hydrogen-bond donors (Lipinski definition) is 3. The number of rotatable bonds is 3. The molecule has 0 aliphatic rings. The van der Waals surface area contributed by atoms with Crippen molar-refractivity contribution < 1.29 is 9.15 Å². The van der Waals surface area contributed by atoms with Crippen molar-refractivity contribution in [3.8, 4) is 17.2 Å². The Hall–Kier alpha value is -3.39. The lowest BCUT2D eigenvalue weighted by Gasteiger charge is -2.11. The smallest absolute Gasteiger partial charge is 0.229 e. The molecular weight excluding hydrogens is 320 g/mol. The van der Waals surface area contributed by atoms with Gasteiger partial charge in [0, 0.05) is 23.0 Å². The lowest BCUT2D eigenvalue weighted by Crippen LogP contribution is -2.10. The second-order valence-electron chi connectivity index (χ2n) is 5.57. The zero-order valence-corrected chi connectivity index (χ0v) is 13.7. The van der Waals surface area contributed by atoms with Crippen molar-refractivity contribution in [2.45, 2.75) is 6.92 Å². The molecule has 5 N–H and O–H groups in total. The van der Waals surface area contributed by atoms with Gasteiger partial charge in [0.05, 0.1) is 18.4 Å². The van der Waals surface area contributed by atoms with Gasteiger partial charge in [-0.05, 0) is 25.1 Å². The number of nitrogens with zero attached hydrogens (tertiary/aromatic N) is 3. The van der Waals surface area contributed by atoms with Crippen molar-refractivity contribution in [1.82, 2.24) is 15.0 Å². The normalized spacial score (nSPS) is 11.2. The fourth-order valence-electron chi connectivity index (χ4n) is 2.87. The molecule has 0 atom stereocenters. The number of nitrogen functional groups attached to an aromatic ring is 2. The number of fused-ring (bicyclic) bond motifs is 2. The van der Waals surface area contributed by atoms with E-state index in [4.69, 9.17) is 20.7 Å². The number of nitrogens with two attached hydrogens (primary N) is 2. The molecule has 0 aliphatic carbocycles. The Labute approximate surface area is 142 Å². The van der Waals surface area contributed by atoms with Gasteiger partial charge >= 0.3 is 0 Å². The number of methoxy groups -OCH3 is 1. The number of aryl methyl sites for hydroxylation is 1. The molecule has 0 saturated heterocycles. The molecule has 0 spiro atoms. The first-order valence-corrected chi connectivity index (χ1v) is 7.58. The van der Waals surface area contributed by atoms with Crippen LogP contribution in [0.3, 0.4) is 0 Å². The summed E-state index contributed by atoms with van der Waals surface area (Å²) < 4.78 is 11.2. The van der Waals surface area contributed by atoms with E-state index in [2.05, 4.69) is 20.4 Å². The van der Waals surface area contributed by atoms with Gasteiger partial charge in [0.2, 0.25) is 5.89 Å². The quantitative estimate of drug-likeness (QED) is 0.385. The molecule has 4 aromatic rings. The molecule has 3 heterocycles. The van der Waals surface area contributed by atoms with E-state index in [9.17, 15) is 0 Å². The van der Waals surface area contributed by atoms with E-state index in [1.165, 1.54) is 0 Å². The average Bonchev–Trinajstić information content (AvgIpc) is 3.02. The number of hydrogen-bond acceptors (Lipinski definition) is 8. The van der Waals surface area contributed by atoms with Crippen LogP contribution in [-0.4, -0.2) is 22.1 Å². The standard InChI is InChI=1S/C17H16N6O2/c1-8-15(10-6-14(18)20-7-11(10)16(21-8)23-19)17-22-12-5-9(24-2)3-4-13(12)25-17/h3-7H,19H2,1-2H3,(H2,18,20)(H,21,23). The molecule has 1 aromatic carbocycles. The third-order valence-electron chi connectivity index (χ3n) is 4.04. The predicted octanol–water partition coefficient (Wildman–Crippen LogP) is 2.62. The largest absolute Gasteiger partial charge is 0.497 e. The second-order valence-corrected chi connectivity index (χ2v) is 5.57. The number of anilines is 2. The highest BCUT2D eigenvalue weighted by molar-refractivity contribution is 6.02. The minimum absolute atomic E-state index is 0.389. The third kappa shape index (κ3) is 2.39. The first kappa shape index (κ1) is 15.2. The number of aromatic nitrogens is 3. The molecule has 0 saturated carbocycles. The zero-order valence-electron chi connectivity index (χ0n) is 13.7. The van der Waals surface area contributed by atoms with E-state index in [1.54, 1.807) is 19.4 Å². The van der Waals surface area contributed by atoms with Gasteiger partial charge in [-0.2, -0.15) is 0 Å². The van der Waals surface area contributed by atoms with Crippen LogP contribution in [0, 0.1) is 6.92 Å². The highest BCUT2D eigenvalue weighted by Crippen LogP contribution is 2.36. The zero-order chi connectivity index (χ0) is 17.6. The van der Waals surface area contributed by atoms with Crippen LogP contribution in [0.15, 0.2) is 34.9 Å². The van der Waals surface area contributed by atoms with Crippen LogP contribution in [0.5, 0.6) is 5.75 Å². The topological polar surface area (TPSA) is 125 Å². The number of pyridine rings is 2. The van der Waals surface area contributed by atoms with Crippen LogP contribution in [0.4, 0.5) is 11.6 Å². The van der Waals surface area contributed by atoms with Gasteiger partial charge in [0.1, 0.15) is 22.9 Å². The summed E-state index contributed by atoms with van der Waals surface area (Å²) in [6.07, 6.45) is 1.63. The van der Waals surface area contributed by atoms with Crippen LogP contribution >= 0.6 is 0 Å². The average molecular weight is 336 g/mol. The number of nitrogens with one attached hydrogen (secondary N) is 1. The fourth-order valence-corrected chi connectivity index (χ4v) is 2.87. The van der Waals surface area contributed by atoms with Crippen LogP contribution in [-0.2, 0) is 0 Å². The van der Waals surface area contributed by atoms with Crippen LogP contribution in [0.1, 0.15) is 5.69 Å². The van der Waals surface area contributed by atoms with Gasteiger partial charge in [0.25, 0.3) is 0 Å². The van der Waals surface area contributed by atoms with E-state index in [0.717, 1.165) is 16.3 Å². The lowest BCUT2D eigenvalue weighted by atomic mass is 10.1. The van der Waals surface area contributed by atoms with Crippen molar-refractivity contribution in [1.29, 1.82) is 0 Å². The monoisotopic (exact) mass is 336 g/mol. The summed E-state index contributed by atoms with van der Waals surface area (Å²) in [4.78, 5) is 13.2. The summed E-state index contributed by atoms with van der Waals surface area (Å²) in [7, 11) is 1.61. The molecule has 126 valence electrons. The van der Waals surface area contributed by atoms with Gasteiger partial charge in [-0.3, -0.25) is 0 Å². The molecule has 25 heavy (non-hydrogen) atoms. The fraction of sp³-hybridized carbons (Fsp3) is 0.118. The Morgan fingerprint density at radius 2 is 2.00 bits per heavy atom. The number of hydrazine groups is 1. The van der Waals surface area contributed by atoms with Crippen molar-refractivity contribution in [3.05, 3.63) is 36.2 Å². The minimum Gasteiger partial charge on any atom is -0.497 e. The number of benzene rings is 1. The second kappa shape index (κ2) is 5.60. The molecule has 4 rings (SSSR count). The lowest BCUT2D eigenvalue weighted by molar-refractivity contribution is 0.415. The molecule has 0 aliphatic heterocycles. The molecule has 3 aromatic heterocycles. The van der Waals surface area contributed by atoms with Gasteiger partial charge in [-0.1, -0.05) is 0 Å². The summed E-state index contributed by atoms with van der Waals surface area (Å²) in [6, 6.07) is 7.22. The van der Waals surface area contributed by atoms with Crippen molar-refractivity contribution in [2.75, 3.05) is 18.3 Å². The molecule has 8 nitrogen and oxygen atoms in total. The van der Waals surface area contributed by atoms with Gasteiger partial charge in [0.15, 0.2) is 5.58 Å². The molecule has 8 heteroatoms. The van der Waals surface area contributed by atoms with Gasteiger partial charge < -0.3 is 20.3 Å². The molecule has 0 unspecified atom stereocenters. The number of oxazole rings is 1. The van der Waals surface area contributed by atoms with E-state index in [0.29, 0.717) is 40.1 Å². The summed E-state index contributed by atoms with van der Waals surface area (Å²) in [5.41, 5.74) is 11.3. The van der Waals surface area contributed by atoms with Crippen molar-refractivity contribution in [3.63, 3.8) is 0 Å². The maximum Gasteiger partial charge on any atom is 0.229 e. The van der Waals surface area contributed by atoms with Crippen molar-refractivity contribution >= 4 is 33.5 Å². The van der Waals surface area contributed by atoms with Crippen molar-refractivity contribution in [2.24, 2.45) is 5.84 Å². The molecule has 0 bridgehead atoms. The molecular formula is C17H16N6O2. The van der Waals surface area contributed by atoms with E-state index < -0.39 is 0 Å². The minimum atomic E-state index is 0.389. The molecule has 0 radical (unpaired) electrons. The van der Waals surface area contributed by atoms with E-state index in [1.807, 2.05) is 25.1 Å². The summed E-state index contributed by atoms with van der Waals surface area (Å²) in [5.74, 6) is 7.65. The third-order valence-corrected chi connectivity index (χ3v) is 4.04. The highest BCUT2D eigenvalue weighted by atomic mass is 16.5. The Morgan fingerprint density at radius 1 is 1.16 bits per heavy atom. The van der Waals surface area contributed by atoms with Gasteiger partial charge in [-0.15, -0.1) is 0 Å². The Bertz CT molecular complexity index is 1110. The first-order chi connectivity index (χ1) is 12.1. The number of ether oxygens (including phenoxy) is 1. The SMILES string of the molecule is COc1ccc2oc(-c3c(C)nc(NN)c4cnc(N)cc34)nc2c1. The molecule has 0 amide bonds. The highest BCUT2D eigenvalue weighted by Gasteiger charge is 2.18. The van der Waals surface area contributed by atoms with E-state index >= 15 is 0 Å².